The van der Waals surface area contributed by atoms with Crippen LogP contribution < -0.4 is 9.47 Å². The lowest BCUT2D eigenvalue weighted by Crippen LogP contribution is -2.25. The quantitative estimate of drug-likeness (QED) is 0.797. The molecule has 0 unspecified atom stereocenters. The van der Waals surface area contributed by atoms with Crippen LogP contribution >= 0.6 is 0 Å². The van der Waals surface area contributed by atoms with Gasteiger partial charge in [0, 0.05) is 26.2 Å². The molecule has 6 heteroatoms. The maximum Gasteiger partial charge on any atom is 0.414 e. The van der Waals surface area contributed by atoms with E-state index in [1.54, 1.807) is 38.4 Å². The third kappa shape index (κ3) is 2.58. The zero-order valence-corrected chi connectivity index (χ0v) is 12.0. The summed E-state index contributed by atoms with van der Waals surface area (Å²) in [5.74, 6) is 1.12. The number of amides is 1. The summed E-state index contributed by atoms with van der Waals surface area (Å²) >= 11 is 0. The predicted molar refractivity (Wildman–Crippen MR) is 77.8 cm³/mol. The van der Waals surface area contributed by atoms with E-state index in [9.17, 15) is 9.59 Å². The average Bonchev–Trinajstić information content (AvgIpc) is 3.08. The summed E-state index contributed by atoms with van der Waals surface area (Å²) in [7, 11) is 3.17. The molecule has 0 fully saturated rings. The molecule has 2 aromatic rings. The van der Waals surface area contributed by atoms with Crippen LogP contribution in [0.5, 0.6) is 11.5 Å². The molecule has 1 aliphatic heterocycles. The molecule has 2 heterocycles. The summed E-state index contributed by atoms with van der Waals surface area (Å²) in [5.41, 5.74) is 0.419. The van der Waals surface area contributed by atoms with E-state index in [4.69, 9.17) is 13.9 Å². The van der Waals surface area contributed by atoms with Gasteiger partial charge in [-0.3, -0.25) is 4.79 Å². The standard InChI is InChI=1S/C16H13NO5/c1-17(2)16(19)21-11-5-6-12-13(9-11)22-14(15(12)18)8-10-4-3-7-20-10/h3-9H,1-2H3. The van der Waals surface area contributed by atoms with E-state index >= 15 is 0 Å². The molecule has 3 rings (SSSR count). The van der Waals surface area contributed by atoms with Gasteiger partial charge in [0.1, 0.15) is 17.3 Å². The Morgan fingerprint density at radius 3 is 2.77 bits per heavy atom. The average molecular weight is 299 g/mol. The number of carbonyl (C=O) groups is 2. The van der Waals surface area contributed by atoms with Gasteiger partial charge in [0.05, 0.1) is 11.8 Å². The van der Waals surface area contributed by atoms with Crippen LogP contribution in [0, 0.1) is 0 Å². The zero-order valence-electron chi connectivity index (χ0n) is 12.0. The minimum Gasteiger partial charge on any atom is -0.465 e. The lowest BCUT2D eigenvalue weighted by Gasteiger charge is -2.10. The van der Waals surface area contributed by atoms with E-state index in [1.807, 2.05) is 0 Å². The van der Waals surface area contributed by atoms with Gasteiger partial charge in [-0.05, 0) is 24.3 Å². The number of carbonyl (C=O) groups excluding carboxylic acids is 2. The van der Waals surface area contributed by atoms with Crippen LogP contribution in [0.1, 0.15) is 16.1 Å². The number of hydrogen-bond donors (Lipinski definition) is 0. The fourth-order valence-corrected chi connectivity index (χ4v) is 1.93. The largest absolute Gasteiger partial charge is 0.465 e. The molecule has 0 bridgehead atoms. The fourth-order valence-electron chi connectivity index (χ4n) is 1.93. The Morgan fingerprint density at radius 1 is 1.27 bits per heavy atom. The molecule has 0 N–H and O–H groups in total. The third-order valence-electron chi connectivity index (χ3n) is 3.03. The molecule has 1 aliphatic rings. The molecule has 112 valence electrons. The Bertz CT molecular complexity index is 759. The second-order valence-corrected chi connectivity index (χ2v) is 4.88. The number of ketones is 1. The van der Waals surface area contributed by atoms with Gasteiger partial charge in [-0.25, -0.2) is 4.79 Å². The van der Waals surface area contributed by atoms with E-state index < -0.39 is 6.09 Å². The minimum atomic E-state index is -0.504. The fraction of sp³-hybridized carbons (Fsp3) is 0.125. The monoisotopic (exact) mass is 299 g/mol. The van der Waals surface area contributed by atoms with Crippen molar-refractivity contribution in [2.24, 2.45) is 0 Å². The first kappa shape index (κ1) is 13.9. The van der Waals surface area contributed by atoms with E-state index in [1.165, 1.54) is 23.3 Å². The van der Waals surface area contributed by atoms with Crippen molar-refractivity contribution < 1.29 is 23.5 Å². The van der Waals surface area contributed by atoms with Gasteiger partial charge in [-0.15, -0.1) is 0 Å². The highest BCUT2D eigenvalue weighted by Crippen LogP contribution is 2.35. The lowest BCUT2D eigenvalue weighted by molar-refractivity contribution is 0.101. The zero-order chi connectivity index (χ0) is 15.7. The molecule has 22 heavy (non-hydrogen) atoms. The van der Waals surface area contributed by atoms with Gasteiger partial charge >= 0.3 is 6.09 Å². The van der Waals surface area contributed by atoms with Crippen LogP contribution in [0.3, 0.4) is 0 Å². The van der Waals surface area contributed by atoms with Gasteiger partial charge in [0.25, 0.3) is 0 Å². The van der Waals surface area contributed by atoms with Crippen LogP contribution in [-0.2, 0) is 0 Å². The Balaban J connectivity index is 1.85. The molecule has 1 aromatic heterocycles. The molecule has 0 saturated heterocycles. The Morgan fingerprint density at radius 2 is 2.09 bits per heavy atom. The van der Waals surface area contributed by atoms with Crippen molar-refractivity contribution in [1.82, 2.24) is 4.90 Å². The second-order valence-electron chi connectivity index (χ2n) is 4.88. The highest BCUT2D eigenvalue weighted by molar-refractivity contribution is 6.14. The summed E-state index contributed by atoms with van der Waals surface area (Å²) in [4.78, 5) is 25.0. The Kier molecular flexibility index (Phi) is 3.42. The van der Waals surface area contributed by atoms with Crippen molar-refractivity contribution in [3.8, 4) is 11.5 Å². The second kappa shape index (κ2) is 5.40. The van der Waals surface area contributed by atoms with E-state index in [0.29, 0.717) is 22.8 Å². The number of hydrogen-bond acceptors (Lipinski definition) is 5. The number of rotatable bonds is 2. The highest BCUT2D eigenvalue weighted by Gasteiger charge is 2.28. The third-order valence-corrected chi connectivity index (χ3v) is 3.03. The SMILES string of the molecule is CN(C)C(=O)Oc1ccc2c(c1)OC(=Cc1ccco1)C2=O. The Labute approximate surface area is 126 Å². The van der Waals surface area contributed by atoms with Crippen LogP contribution in [0.2, 0.25) is 0 Å². The number of ether oxygens (including phenoxy) is 2. The van der Waals surface area contributed by atoms with Crippen LogP contribution in [0.25, 0.3) is 6.08 Å². The minimum absolute atomic E-state index is 0.168. The first-order valence-corrected chi connectivity index (χ1v) is 6.55. The van der Waals surface area contributed by atoms with Crippen molar-refractivity contribution in [2.45, 2.75) is 0 Å². The van der Waals surface area contributed by atoms with E-state index in [2.05, 4.69) is 0 Å². The predicted octanol–water partition coefficient (Wildman–Crippen LogP) is 2.96. The number of furan rings is 1. The van der Waals surface area contributed by atoms with E-state index in [0.717, 1.165) is 0 Å². The molecule has 0 saturated carbocycles. The van der Waals surface area contributed by atoms with Crippen molar-refractivity contribution in [1.29, 1.82) is 0 Å². The van der Waals surface area contributed by atoms with Gasteiger partial charge in [0.15, 0.2) is 5.76 Å². The normalized spacial score (nSPS) is 14.6. The summed E-state index contributed by atoms with van der Waals surface area (Å²) in [5, 5.41) is 0. The molecule has 0 aliphatic carbocycles. The maximum atomic E-state index is 12.2. The number of allylic oxidation sites excluding steroid dienone is 1. The molecule has 0 atom stereocenters. The van der Waals surface area contributed by atoms with Crippen molar-refractivity contribution in [3.63, 3.8) is 0 Å². The van der Waals surface area contributed by atoms with Crippen molar-refractivity contribution in [3.05, 3.63) is 53.7 Å². The number of fused-ring (bicyclic) bond motifs is 1. The topological polar surface area (TPSA) is 69.0 Å². The van der Waals surface area contributed by atoms with Gasteiger partial charge in [0.2, 0.25) is 5.78 Å². The summed E-state index contributed by atoms with van der Waals surface area (Å²) < 4.78 is 15.8. The van der Waals surface area contributed by atoms with Gasteiger partial charge in [-0.2, -0.15) is 0 Å². The van der Waals surface area contributed by atoms with Crippen LogP contribution in [-0.4, -0.2) is 30.9 Å². The van der Waals surface area contributed by atoms with E-state index in [-0.39, 0.29) is 11.5 Å². The molecule has 0 spiro atoms. The molecule has 1 amide bonds. The molecule has 6 nitrogen and oxygen atoms in total. The van der Waals surface area contributed by atoms with Gasteiger partial charge in [-0.1, -0.05) is 0 Å². The number of Topliss-reactive ketones (excluding diaryl/α,β-unsaturated/α-hetero) is 1. The molecular weight excluding hydrogens is 286 g/mol. The number of benzene rings is 1. The maximum absolute atomic E-state index is 12.2. The van der Waals surface area contributed by atoms with Gasteiger partial charge < -0.3 is 18.8 Å². The summed E-state index contributed by atoms with van der Waals surface area (Å²) in [6, 6.07) is 8.07. The molecule has 1 aromatic carbocycles. The lowest BCUT2D eigenvalue weighted by atomic mass is 10.1. The number of nitrogens with zero attached hydrogens (tertiary/aromatic N) is 1. The molecule has 0 radical (unpaired) electrons. The summed E-state index contributed by atoms with van der Waals surface area (Å²) in [6.45, 7) is 0. The van der Waals surface area contributed by atoms with Crippen molar-refractivity contribution >= 4 is 18.0 Å². The van der Waals surface area contributed by atoms with Crippen LogP contribution in [0.4, 0.5) is 4.79 Å². The van der Waals surface area contributed by atoms with Crippen molar-refractivity contribution in [2.75, 3.05) is 14.1 Å². The Hall–Kier alpha value is -3.02. The summed E-state index contributed by atoms with van der Waals surface area (Å²) in [6.07, 6.45) is 2.53. The first-order chi connectivity index (χ1) is 10.5. The first-order valence-electron chi connectivity index (χ1n) is 6.55. The molecular formula is C16H13NO5. The smallest absolute Gasteiger partial charge is 0.414 e. The van der Waals surface area contributed by atoms with Crippen LogP contribution in [0.15, 0.2) is 46.8 Å². The highest BCUT2D eigenvalue weighted by atomic mass is 16.6.